The van der Waals surface area contributed by atoms with Crippen molar-refractivity contribution in [2.75, 3.05) is 6.61 Å². The maximum Gasteiger partial charge on any atom is 0.331 e. The summed E-state index contributed by atoms with van der Waals surface area (Å²) in [5, 5.41) is 11.1. The maximum atomic E-state index is 13.3. The molecule has 0 aliphatic carbocycles. The van der Waals surface area contributed by atoms with Crippen molar-refractivity contribution in [3.63, 3.8) is 0 Å². The molecule has 0 saturated heterocycles. The van der Waals surface area contributed by atoms with Crippen LogP contribution in [-0.2, 0) is 25.4 Å². The lowest BCUT2D eigenvalue weighted by atomic mass is 10.0. The van der Waals surface area contributed by atoms with Gasteiger partial charge in [-0.1, -0.05) is 35.9 Å². The SMILES string of the molecule is Cn1c(=O)c2c(-c3ccc(Cl)cc3)n3c(c2n(C)c1=O)C(c1cccc(O)c1)OCC3. The van der Waals surface area contributed by atoms with Gasteiger partial charge in [0.1, 0.15) is 11.9 Å². The third kappa shape index (κ3) is 2.92. The van der Waals surface area contributed by atoms with Crippen molar-refractivity contribution in [1.29, 1.82) is 0 Å². The van der Waals surface area contributed by atoms with Crippen LogP contribution in [0.3, 0.4) is 0 Å². The van der Waals surface area contributed by atoms with E-state index in [2.05, 4.69) is 0 Å². The summed E-state index contributed by atoms with van der Waals surface area (Å²) < 4.78 is 10.8. The summed E-state index contributed by atoms with van der Waals surface area (Å²) in [5.41, 5.74) is 2.78. The third-order valence-corrected chi connectivity index (χ3v) is 6.10. The van der Waals surface area contributed by atoms with Crippen LogP contribution < -0.4 is 11.2 Å². The first-order chi connectivity index (χ1) is 14.9. The number of benzene rings is 2. The van der Waals surface area contributed by atoms with E-state index in [9.17, 15) is 14.7 Å². The van der Waals surface area contributed by atoms with E-state index in [1.54, 1.807) is 37.4 Å². The van der Waals surface area contributed by atoms with Gasteiger partial charge in [0, 0.05) is 25.7 Å². The van der Waals surface area contributed by atoms with Crippen molar-refractivity contribution in [1.82, 2.24) is 13.7 Å². The quantitative estimate of drug-likeness (QED) is 0.522. The first-order valence-electron chi connectivity index (χ1n) is 9.87. The highest BCUT2D eigenvalue weighted by atomic mass is 35.5. The molecular formula is C23H20ClN3O4. The van der Waals surface area contributed by atoms with Crippen LogP contribution in [-0.4, -0.2) is 25.4 Å². The van der Waals surface area contributed by atoms with Crippen LogP contribution >= 0.6 is 11.6 Å². The number of hydrogen-bond acceptors (Lipinski definition) is 4. The Labute approximate surface area is 182 Å². The molecule has 3 heterocycles. The van der Waals surface area contributed by atoms with Crippen LogP contribution in [0.1, 0.15) is 17.4 Å². The van der Waals surface area contributed by atoms with E-state index in [4.69, 9.17) is 16.3 Å². The molecule has 31 heavy (non-hydrogen) atoms. The Morgan fingerprint density at radius 1 is 1.06 bits per heavy atom. The highest BCUT2D eigenvalue weighted by Crippen LogP contribution is 2.41. The molecule has 0 spiro atoms. The number of phenols is 1. The number of halogens is 1. The molecule has 158 valence electrons. The smallest absolute Gasteiger partial charge is 0.331 e. The van der Waals surface area contributed by atoms with E-state index in [1.165, 1.54) is 11.6 Å². The molecule has 8 heteroatoms. The first kappa shape index (κ1) is 19.7. The average Bonchev–Trinajstić information content (AvgIpc) is 3.12. The van der Waals surface area contributed by atoms with Gasteiger partial charge in [-0.15, -0.1) is 0 Å². The van der Waals surface area contributed by atoms with E-state index in [-0.39, 0.29) is 11.3 Å². The van der Waals surface area contributed by atoms with Gasteiger partial charge in [0.25, 0.3) is 5.56 Å². The molecule has 4 aromatic rings. The number of aromatic nitrogens is 3. The van der Waals surface area contributed by atoms with Gasteiger partial charge in [-0.3, -0.25) is 13.9 Å². The Kier molecular flexibility index (Phi) is 4.53. The molecule has 2 aromatic heterocycles. The molecule has 1 unspecified atom stereocenters. The van der Waals surface area contributed by atoms with Crippen molar-refractivity contribution >= 4 is 22.5 Å². The molecule has 0 amide bonds. The molecule has 1 aliphatic rings. The summed E-state index contributed by atoms with van der Waals surface area (Å²) in [6.45, 7) is 0.942. The largest absolute Gasteiger partial charge is 0.508 e. The van der Waals surface area contributed by atoms with Gasteiger partial charge in [-0.2, -0.15) is 0 Å². The zero-order chi connectivity index (χ0) is 21.9. The molecule has 0 radical (unpaired) electrons. The summed E-state index contributed by atoms with van der Waals surface area (Å²) in [7, 11) is 3.14. The lowest BCUT2D eigenvalue weighted by Gasteiger charge is -2.27. The first-order valence-corrected chi connectivity index (χ1v) is 10.2. The average molecular weight is 438 g/mol. The number of fused-ring (bicyclic) bond motifs is 3. The topological polar surface area (TPSA) is 78.4 Å². The predicted molar refractivity (Wildman–Crippen MR) is 119 cm³/mol. The number of ether oxygens (including phenoxy) is 1. The number of aromatic hydroxyl groups is 1. The van der Waals surface area contributed by atoms with Crippen LogP contribution in [0.5, 0.6) is 5.75 Å². The van der Waals surface area contributed by atoms with Gasteiger partial charge >= 0.3 is 5.69 Å². The highest BCUT2D eigenvalue weighted by molar-refractivity contribution is 6.30. The lowest BCUT2D eigenvalue weighted by Crippen LogP contribution is -2.37. The number of aryl methyl sites for hydroxylation is 1. The molecule has 0 fully saturated rings. The minimum atomic E-state index is -0.540. The maximum absolute atomic E-state index is 13.3. The monoisotopic (exact) mass is 437 g/mol. The molecule has 0 bridgehead atoms. The van der Waals surface area contributed by atoms with Crippen molar-refractivity contribution < 1.29 is 9.84 Å². The second-order valence-electron chi connectivity index (χ2n) is 7.67. The van der Waals surface area contributed by atoms with Crippen LogP contribution in [0.25, 0.3) is 22.2 Å². The van der Waals surface area contributed by atoms with Gasteiger partial charge in [-0.25, -0.2) is 4.79 Å². The molecular weight excluding hydrogens is 418 g/mol. The fourth-order valence-corrected chi connectivity index (χ4v) is 4.56. The summed E-state index contributed by atoms with van der Waals surface area (Å²) in [4.78, 5) is 26.1. The van der Waals surface area contributed by atoms with Crippen molar-refractivity contribution in [3.8, 4) is 17.0 Å². The normalized spacial score (nSPS) is 15.9. The van der Waals surface area contributed by atoms with Crippen LogP contribution in [0.15, 0.2) is 58.1 Å². The van der Waals surface area contributed by atoms with Crippen molar-refractivity contribution in [2.45, 2.75) is 12.6 Å². The zero-order valence-electron chi connectivity index (χ0n) is 17.0. The van der Waals surface area contributed by atoms with E-state index in [1.807, 2.05) is 22.8 Å². The van der Waals surface area contributed by atoms with Gasteiger partial charge in [0.15, 0.2) is 0 Å². The van der Waals surface area contributed by atoms with Crippen LogP contribution in [0.2, 0.25) is 5.02 Å². The summed E-state index contributed by atoms with van der Waals surface area (Å²) in [6.07, 6.45) is -0.540. The number of hydrogen-bond donors (Lipinski definition) is 1. The fourth-order valence-electron chi connectivity index (χ4n) is 4.43. The second-order valence-corrected chi connectivity index (χ2v) is 8.10. The molecule has 1 atom stereocenters. The van der Waals surface area contributed by atoms with Crippen molar-refractivity contribution in [2.24, 2.45) is 14.1 Å². The van der Waals surface area contributed by atoms with Crippen molar-refractivity contribution in [3.05, 3.63) is 85.6 Å². The number of phenolic OH excluding ortho intramolecular Hbond substituents is 1. The molecule has 0 saturated carbocycles. The number of rotatable bonds is 2. The number of nitrogens with zero attached hydrogens (tertiary/aromatic N) is 3. The van der Waals surface area contributed by atoms with Gasteiger partial charge < -0.3 is 14.4 Å². The Bertz CT molecular complexity index is 1450. The summed E-state index contributed by atoms with van der Waals surface area (Å²) in [5.74, 6) is 0.122. The Morgan fingerprint density at radius 3 is 2.52 bits per heavy atom. The van der Waals surface area contributed by atoms with E-state index in [0.29, 0.717) is 34.8 Å². The zero-order valence-corrected chi connectivity index (χ0v) is 17.8. The van der Waals surface area contributed by atoms with E-state index in [0.717, 1.165) is 21.4 Å². The van der Waals surface area contributed by atoms with Crippen LogP contribution in [0, 0.1) is 0 Å². The Hall–Kier alpha value is -3.29. The third-order valence-electron chi connectivity index (χ3n) is 5.84. The molecule has 1 aliphatic heterocycles. The van der Waals surface area contributed by atoms with E-state index < -0.39 is 11.8 Å². The molecule has 1 N–H and O–H groups in total. The van der Waals surface area contributed by atoms with Crippen LogP contribution in [0.4, 0.5) is 0 Å². The molecule has 5 rings (SSSR count). The Balaban J connectivity index is 1.94. The standard InChI is InChI=1S/C23H20ClN3O4/c1-25-19-17(22(29)26(2)23(25)30)18(13-6-8-15(24)9-7-13)27-10-11-31-21(20(19)27)14-4-3-5-16(28)12-14/h3-9,12,21,28H,10-11H2,1-2H3. The summed E-state index contributed by atoms with van der Waals surface area (Å²) >= 11 is 6.09. The predicted octanol–water partition coefficient (Wildman–Crippen LogP) is 3.18. The molecule has 7 nitrogen and oxygen atoms in total. The lowest BCUT2D eigenvalue weighted by molar-refractivity contribution is 0.0477. The van der Waals surface area contributed by atoms with Gasteiger partial charge in [-0.05, 0) is 35.4 Å². The molecule has 2 aromatic carbocycles. The minimum absolute atomic E-state index is 0.122. The summed E-state index contributed by atoms with van der Waals surface area (Å²) in [6, 6.07) is 14.1. The van der Waals surface area contributed by atoms with E-state index >= 15 is 0 Å². The second kappa shape index (κ2) is 7.14. The Morgan fingerprint density at radius 2 is 1.81 bits per heavy atom. The minimum Gasteiger partial charge on any atom is -0.508 e. The van der Waals surface area contributed by atoms with Gasteiger partial charge in [0.2, 0.25) is 0 Å². The van der Waals surface area contributed by atoms with Gasteiger partial charge in [0.05, 0.1) is 28.9 Å². The fraction of sp³-hybridized carbons (Fsp3) is 0.217. The highest BCUT2D eigenvalue weighted by Gasteiger charge is 2.33.